The van der Waals surface area contributed by atoms with Crippen molar-refractivity contribution in [1.82, 2.24) is 4.90 Å². The standard InChI is InChI=1S/C32H36N4S/c1-5-25(14-13-21-34(2)3)33-31-22-24(23-32-35(4)29-19-11-12-20-30(29)37-32)27-17-9-10-18-28(27)36(31)26-15-7-6-8-16-26/h6-12,15-20,22-23,25H,5,13-14,21H2,1-4H3/p+1. The second-order valence-electron chi connectivity index (χ2n) is 9.98. The maximum Gasteiger partial charge on any atom is 0.280 e. The van der Waals surface area contributed by atoms with E-state index in [1.807, 2.05) is 11.8 Å². The van der Waals surface area contributed by atoms with Crippen molar-refractivity contribution in [1.29, 1.82) is 0 Å². The summed E-state index contributed by atoms with van der Waals surface area (Å²) in [5, 5.41) is 6.44. The van der Waals surface area contributed by atoms with Gasteiger partial charge in [0.2, 0.25) is 0 Å². The molecular weight excluding hydrogens is 472 g/mol. The third-order valence-corrected chi connectivity index (χ3v) is 8.22. The molecular formula is C32H37N4S+. The number of fused-ring (bicyclic) bond motifs is 2. The van der Waals surface area contributed by atoms with Crippen LogP contribution in [0.25, 0.3) is 22.7 Å². The molecule has 190 valence electrons. The van der Waals surface area contributed by atoms with Crippen molar-refractivity contribution in [3.8, 4) is 5.69 Å². The first-order valence-corrected chi connectivity index (χ1v) is 14.0. The monoisotopic (exact) mass is 509 g/mol. The van der Waals surface area contributed by atoms with Crippen molar-refractivity contribution in [3.05, 3.63) is 95.5 Å². The molecule has 4 nitrogen and oxygen atoms in total. The van der Waals surface area contributed by atoms with Gasteiger partial charge in [0.05, 0.1) is 16.8 Å². The number of benzene rings is 3. The number of nitrogens with zero attached hydrogens (tertiary/aromatic N) is 3. The van der Waals surface area contributed by atoms with Crippen LogP contribution in [0.4, 0.5) is 11.5 Å². The molecule has 5 rings (SSSR count). The van der Waals surface area contributed by atoms with E-state index in [0.29, 0.717) is 6.04 Å². The molecule has 1 aliphatic heterocycles. The number of pyridine rings is 1. The quantitative estimate of drug-likeness (QED) is 0.241. The fourth-order valence-corrected chi connectivity index (χ4v) is 6.14. The Morgan fingerprint density at radius 1 is 0.973 bits per heavy atom. The van der Waals surface area contributed by atoms with E-state index in [1.165, 1.54) is 44.2 Å². The van der Waals surface area contributed by atoms with Crippen LogP contribution in [0.5, 0.6) is 0 Å². The largest absolute Gasteiger partial charge is 0.338 e. The van der Waals surface area contributed by atoms with E-state index >= 15 is 0 Å². The van der Waals surface area contributed by atoms with Gasteiger partial charge in [-0.1, -0.05) is 67.2 Å². The highest BCUT2D eigenvalue weighted by Gasteiger charge is 2.25. The van der Waals surface area contributed by atoms with Gasteiger partial charge in [0.15, 0.2) is 0 Å². The summed E-state index contributed by atoms with van der Waals surface area (Å²) in [5.41, 5.74) is 4.87. The highest BCUT2D eigenvalue weighted by Crippen LogP contribution is 2.45. The van der Waals surface area contributed by atoms with Gasteiger partial charge >= 0.3 is 0 Å². The minimum absolute atomic E-state index is 0.407. The number of para-hydroxylation sites is 3. The van der Waals surface area contributed by atoms with Crippen LogP contribution in [0.2, 0.25) is 0 Å². The predicted octanol–water partition coefficient (Wildman–Crippen LogP) is 7.19. The lowest BCUT2D eigenvalue weighted by atomic mass is 10.1. The fourth-order valence-electron chi connectivity index (χ4n) is 5.03. The van der Waals surface area contributed by atoms with Crippen LogP contribution in [-0.2, 0) is 0 Å². The fraction of sp³-hybridized carbons (Fsp3) is 0.281. The first kappa shape index (κ1) is 25.4. The molecule has 3 aromatic carbocycles. The van der Waals surface area contributed by atoms with Crippen LogP contribution >= 0.6 is 11.8 Å². The third kappa shape index (κ3) is 5.53. The third-order valence-electron chi connectivity index (χ3n) is 7.06. The van der Waals surface area contributed by atoms with Gasteiger partial charge in [-0.2, -0.15) is 4.57 Å². The topological polar surface area (TPSA) is 22.4 Å². The smallest absolute Gasteiger partial charge is 0.280 e. The SMILES string of the molecule is CCC(CCCN(C)C)Nc1cc(C=C2Sc3ccccc3N2C)c2ccccc2[n+]1-c1ccccc1. The number of thioether (sulfide) groups is 1. The van der Waals surface area contributed by atoms with Gasteiger partial charge in [-0.05, 0) is 81.9 Å². The molecule has 4 aromatic rings. The average Bonchev–Trinajstić information content (AvgIpc) is 3.23. The molecule has 1 unspecified atom stereocenters. The molecule has 37 heavy (non-hydrogen) atoms. The Morgan fingerprint density at radius 3 is 2.46 bits per heavy atom. The number of hydrogen-bond acceptors (Lipinski definition) is 4. The molecule has 1 atom stereocenters. The minimum Gasteiger partial charge on any atom is -0.338 e. The highest BCUT2D eigenvalue weighted by molar-refractivity contribution is 8.03. The Labute approximate surface area is 225 Å². The van der Waals surface area contributed by atoms with Gasteiger partial charge in [0.1, 0.15) is 11.2 Å². The van der Waals surface area contributed by atoms with Crippen molar-refractivity contribution >= 4 is 40.2 Å². The van der Waals surface area contributed by atoms with Gasteiger partial charge in [0, 0.05) is 23.4 Å². The zero-order valence-corrected chi connectivity index (χ0v) is 23.1. The van der Waals surface area contributed by atoms with Gasteiger partial charge in [-0.3, -0.25) is 5.32 Å². The average molecular weight is 510 g/mol. The lowest BCUT2D eigenvalue weighted by Gasteiger charge is -2.19. The summed E-state index contributed by atoms with van der Waals surface area (Å²) >= 11 is 1.84. The second kappa shape index (κ2) is 11.4. The van der Waals surface area contributed by atoms with Crippen LogP contribution in [0, 0.1) is 0 Å². The minimum atomic E-state index is 0.407. The Bertz CT molecular complexity index is 1400. The van der Waals surface area contributed by atoms with Gasteiger partial charge in [-0.15, -0.1) is 0 Å². The summed E-state index contributed by atoms with van der Waals surface area (Å²) in [6.07, 6.45) is 5.74. The Hall–Kier alpha value is -3.28. The molecule has 1 N–H and O–H groups in total. The molecule has 0 spiro atoms. The summed E-state index contributed by atoms with van der Waals surface area (Å²) in [6.45, 7) is 3.39. The molecule has 1 aliphatic rings. The van der Waals surface area contributed by atoms with Crippen LogP contribution in [-0.4, -0.2) is 38.6 Å². The Kier molecular flexibility index (Phi) is 7.82. The van der Waals surface area contributed by atoms with Crippen molar-refractivity contribution in [2.24, 2.45) is 0 Å². The second-order valence-corrected chi connectivity index (χ2v) is 11.0. The lowest BCUT2D eigenvalue weighted by Crippen LogP contribution is -2.38. The van der Waals surface area contributed by atoms with Crippen LogP contribution in [0.1, 0.15) is 31.7 Å². The van der Waals surface area contributed by atoms with Gasteiger partial charge < -0.3 is 9.80 Å². The van der Waals surface area contributed by atoms with Gasteiger partial charge in [-0.25, -0.2) is 0 Å². The summed E-state index contributed by atoms with van der Waals surface area (Å²) in [4.78, 5) is 5.88. The molecule has 0 saturated carbocycles. The number of hydrogen-bond donors (Lipinski definition) is 1. The van der Waals surface area contributed by atoms with E-state index in [4.69, 9.17) is 0 Å². The highest BCUT2D eigenvalue weighted by atomic mass is 32.2. The first-order chi connectivity index (χ1) is 18.0. The summed E-state index contributed by atoms with van der Waals surface area (Å²) in [7, 11) is 6.46. The molecule has 0 amide bonds. The summed E-state index contributed by atoms with van der Waals surface area (Å²) in [5.74, 6) is 1.14. The van der Waals surface area contributed by atoms with E-state index < -0.39 is 0 Å². The van der Waals surface area contributed by atoms with Crippen molar-refractivity contribution in [2.75, 3.05) is 37.9 Å². The zero-order valence-electron chi connectivity index (χ0n) is 22.3. The number of rotatable bonds is 9. The number of anilines is 2. The van der Waals surface area contributed by atoms with E-state index in [9.17, 15) is 0 Å². The normalized spacial score (nSPS) is 14.9. The van der Waals surface area contributed by atoms with Crippen molar-refractivity contribution in [2.45, 2.75) is 37.1 Å². The molecule has 2 heterocycles. The Balaban J connectivity index is 1.61. The molecule has 0 aliphatic carbocycles. The van der Waals surface area contributed by atoms with E-state index in [1.54, 1.807) is 0 Å². The van der Waals surface area contributed by atoms with E-state index in [0.717, 1.165) is 25.2 Å². The van der Waals surface area contributed by atoms with E-state index in [-0.39, 0.29) is 0 Å². The molecule has 0 radical (unpaired) electrons. The van der Waals surface area contributed by atoms with Crippen molar-refractivity contribution < 1.29 is 4.57 Å². The van der Waals surface area contributed by atoms with Crippen LogP contribution in [0.15, 0.2) is 94.9 Å². The molecule has 0 bridgehead atoms. The lowest BCUT2D eigenvalue weighted by molar-refractivity contribution is -0.552. The summed E-state index contributed by atoms with van der Waals surface area (Å²) in [6, 6.07) is 30.9. The number of aromatic nitrogens is 1. The molecule has 1 aromatic heterocycles. The van der Waals surface area contributed by atoms with Crippen molar-refractivity contribution in [3.63, 3.8) is 0 Å². The maximum atomic E-state index is 3.95. The van der Waals surface area contributed by atoms with Gasteiger partial charge in [0.25, 0.3) is 5.82 Å². The Morgan fingerprint density at radius 2 is 1.70 bits per heavy atom. The van der Waals surface area contributed by atoms with Crippen LogP contribution < -0.4 is 14.8 Å². The first-order valence-electron chi connectivity index (χ1n) is 13.2. The number of nitrogens with one attached hydrogen (secondary N) is 1. The maximum absolute atomic E-state index is 3.95. The molecule has 5 heteroatoms. The molecule has 0 saturated heterocycles. The molecule has 0 fully saturated rings. The zero-order chi connectivity index (χ0) is 25.8. The van der Waals surface area contributed by atoms with Crippen LogP contribution in [0.3, 0.4) is 0 Å². The van der Waals surface area contributed by atoms with E-state index in [2.05, 4.69) is 139 Å². The summed E-state index contributed by atoms with van der Waals surface area (Å²) < 4.78 is 2.38. The predicted molar refractivity (Wildman–Crippen MR) is 160 cm³/mol.